The van der Waals surface area contributed by atoms with Gasteiger partial charge < -0.3 is 5.11 Å². The fourth-order valence-corrected chi connectivity index (χ4v) is 2.04. The number of aliphatic carboxylic acids is 1. The monoisotopic (exact) mass is 156 g/mol. The molecule has 2 heteroatoms. The molecular formula is C9H16O2. The van der Waals surface area contributed by atoms with Crippen LogP contribution < -0.4 is 0 Å². The van der Waals surface area contributed by atoms with Crippen LogP contribution in [0.3, 0.4) is 0 Å². The van der Waals surface area contributed by atoms with Gasteiger partial charge in [0, 0.05) is 0 Å². The van der Waals surface area contributed by atoms with Crippen molar-refractivity contribution in [1.29, 1.82) is 0 Å². The molecule has 1 aliphatic rings. The van der Waals surface area contributed by atoms with Crippen LogP contribution >= 0.6 is 0 Å². The summed E-state index contributed by atoms with van der Waals surface area (Å²) < 4.78 is 0. The van der Waals surface area contributed by atoms with Gasteiger partial charge in [-0.1, -0.05) is 19.8 Å². The number of carbonyl (C=O) groups is 1. The second kappa shape index (κ2) is 3.24. The highest BCUT2D eigenvalue weighted by atomic mass is 16.4. The SMILES string of the molecule is CCCC1(CC(=O)O)CCC1. The third-order valence-electron chi connectivity index (χ3n) is 2.72. The molecule has 0 heterocycles. The molecule has 0 spiro atoms. The summed E-state index contributed by atoms with van der Waals surface area (Å²) in [6.45, 7) is 2.13. The zero-order valence-electron chi connectivity index (χ0n) is 7.10. The van der Waals surface area contributed by atoms with Crippen molar-refractivity contribution in [2.24, 2.45) is 5.41 Å². The van der Waals surface area contributed by atoms with E-state index in [1.54, 1.807) is 0 Å². The summed E-state index contributed by atoms with van der Waals surface area (Å²) in [5, 5.41) is 8.64. The average Bonchev–Trinajstić information content (AvgIpc) is 1.82. The highest BCUT2D eigenvalue weighted by molar-refractivity contribution is 5.67. The fourth-order valence-electron chi connectivity index (χ4n) is 2.04. The first-order valence-electron chi connectivity index (χ1n) is 4.40. The minimum atomic E-state index is -0.627. The molecular weight excluding hydrogens is 140 g/mol. The lowest BCUT2D eigenvalue weighted by molar-refractivity contribution is -0.141. The highest BCUT2D eigenvalue weighted by Crippen LogP contribution is 2.47. The van der Waals surface area contributed by atoms with Gasteiger partial charge in [0.1, 0.15) is 0 Å². The molecule has 0 aromatic heterocycles. The molecule has 1 aliphatic carbocycles. The Morgan fingerprint density at radius 2 is 2.18 bits per heavy atom. The first-order chi connectivity index (χ1) is 5.18. The van der Waals surface area contributed by atoms with Crippen LogP contribution in [0.25, 0.3) is 0 Å². The number of hydrogen-bond donors (Lipinski definition) is 1. The van der Waals surface area contributed by atoms with Crippen LogP contribution in [0.5, 0.6) is 0 Å². The van der Waals surface area contributed by atoms with E-state index in [2.05, 4.69) is 6.92 Å². The van der Waals surface area contributed by atoms with Crippen LogP contribution in [0.2, 0.25) is 0 Å². The molecule has 64 valence electrons. The lowest BCUT2D eigenvalue weighted by atomic mass is 9.64. The van der Waals surface area contributed by atoms with E-state index < -0.39 is 5.97 Å². The van der Waals surface area contributed by atoms with E-state index in [4.69, 9.17) is 5.11 Å². The summed E-state index contributed by atoms with van der Waals surface area (Å²) in [6, 6.07) is 0. The quantitative estimate of drug-likeness (QED) is 0.678. The molecule has 1 fully saturated rings. The summed E-state index contributed by atoms with van der Waals surface area (Å²) in [7, 11) is 0. The van der Waals surface area contributed by atoms with Crippen molar-refractivity contribution in [1.82, 2.24) is 0 Å². The number of hydrogen-bond acceptors (Lipinski definition) is 1. The van der Waals surface area contributed by atoms with Gasteiger partial charge in [0.15, 0.2) is 0 Å². The van der Waals surface area contributed by atoms with E-state index >= 15 is 0 Å². The number of carboxylic acid groups (broad SMARTS) is 1. The maximum Gasteiger partial charge on any atom is 0.303 e. The van der Waals surface area contributed by atoms with Crippen LogP contribution in [-0.2, 0) is 4.79 Å². The summed E-state index contributed by atoms with van der Waals surface area (Å²) in [5.74, 6) is -0.627. The summed E-state index contributed by atoms with van der Waals surface area (Å²) >= 11 is 0. The van der Waals surface area contributed by atoms with Gasteiger partial charge in [-0.25, -0.2) is 0 Å². The number of carboxylic acids is 1. The summed E-state index contributed by atoms with van der Waals surface area (Å²) in [5.41, 5.74) is 0.195. The molecule has 0 aromatic carbocycles. The minimum absolute atomic E-state index is 0.195. The van der Waals surface area contributed by atoms with E-state index in [1.165, 1.54) is 6.42 Å². The average molecular weight is 156 g/mol. The van der Waals surface area contributed by atoms with Gasteiger partial charge in [0.2, 0.25) is 0 Å². The molecule has 1 N–H and O–H groups in total. The first-order valence-corrected chi connectivity index (χ1v) is 4.40. The van der Waals surface area contributed by atoms with Crippen molar-refractivity contribution in [3.05, 3.63) is 0 Å². The minimum Gasteiger partial charge on any atom is -0.481 e. The van der Waals surface area contributed by atoms with Crippen LogP contribution in [0.15, 0.2) is 0 Å². The highest BCUT2D eigenvalue weighted by Gasteiger charge is 2.37. The molecule has 0 bridgehead atoms. The zero-order chi connectivity index (χ0) is 8.32. The van der Waals surface area contributed by atoms with E-state index in [-0.39, 0.29) is 5.41 Å². The second-order valence-electron chi connectivity index (χ2n) is 3.67. The summed E-state index contributed by atoms with van der Waals surface area (Å²) in [4.78, 5) is 10.5. The third-order valence-corrected chi connectivity index (χ3v) is 2.72. The van der Waals surface area contributed by atoms with Crippen molar-refractivity contribution in [3.63, 3.8) is 0 Å². The zero-order valence-corrected chi connectivity index (χ0v) is 7.10. The molecule has 0 saturated heterocycles. The maximum absolute atomic E-state index is 10.5. The first kappa shape index (κ1) is 8.57. The normalized spacial score (nSPS) is 20.8. The van der Waals surface area contributed by atoms with Gasteiger partial charge in [-0.3, -0.25) is 4.79 Å². The van der Waals surface area contributed by atoms with Gasteiger partial charge >= 0.3 is 5.97 Å². The second-order valence-corrected chi connectivity index (χ2v) is 3.67. The maximum atomic E-state index is 10.5. The lowest BCUT2D eigenvalue weighted by Gasteiger charge is -2.40. The van der Waals surface area contributed by atoms with Crippen molar-refractivity contribution in [3.8, 4) is 0 Å². The Balaban J connectivity index is 2.39. The summed E-state index contributed by atoms with van der Waals surface area (Å²) in [6.07, 6.45) is 6.10. The Labute approximate surface area is 67.6 Å². The van der Waals surface area contributed by atoms with Gasteiger partial charge in [0.25, 0.3) is 0 Å². The van der Waals surface area contributed by atoms with Crippen molar-refractivity contribution < 1.29 is 9.90 Å². The van der Waals surface area contributed by atoms with Crippen LogP contribution in [0, 0.1) is 5.41 Å². The predicted octanol–water partition coefficient (Wildman–Crippen LogP) is 2.43. The van der Waals surface area contributed by atoms with E-state index in [0.29, 0.717) is 6.42 Å². The standard InChI is InChI=1S/C9H16O2/c1-2-4-9(5-3-6-9)7-8(10)11/h2-7H2,1H3,(H,10,11). The van der Waals surface area contributed by atoms with Crippen molar-refractivity contribution in [2.45, 2.75) is 45.4 Å². The van der Waals surface area contributed by atoms with Crippen LogP contribution in [-0.4, -0.2) is 11.1 Å². The van der Waals surface area contributed by atoms with Crippen molar-refractivity contribution >= 4 is 5.97 Å². The Kier molecular flexibility index (Phi) is 2.53. The van der Waals surface area contributed by atoms with Gasteiger partial charge in [-0.15, -0.1) is 0 Å². The van der Waals surface area contributed by atoms with Gasteiger partial charge in [0.05, 0.1) is 6.42 Å². The molecule has 1 rings (SSSR count). The Bertz CT molecular complexity index is 148. The largest absolute Gasteiger partial charge is 0.481 e. The molecule has 11 heavy (non-hydrogen) atoms. The predicted molar refractivity (Wildman–Crippen MR) is 43.4 cm³/mol. The Morgan fingerprint density at radius 3 is 2.45 bits per heavy atom. The Hall–Kier alpha value is -0.530. The fraction of sp³-hybridized carbons (Fsp3) is 0.889. The molecule has 0 radical (unpaired) electrons. The van der Waals surface area contributed by atoms with Crippen molar-refractivity contribution in [2.75, 3.05) is 0 Å². The molecule has 2 nitrogen and oxygen atoms in total. The van der Waals surface area contributed by atoms with Crippen LogP contribution in [0.4, 0.5) is 0 Å². The molecule has 1 saturated carbocycles. The molecule has 0 amide bonds. The molecule has 0 unspecified atom stereocenters. The van der Waals surface area contributed by atoms with E-state index in [9.17, 15) is 4.79 Å². The van der Waals surface area contributed by atoms with E-state index in [1.807, 2.05) is 0 Å². The number of rotatable bonds is 4. The van der Waals surface area contributed by atoms with E-state index in [0.717, 1.165) is 25.7 Å². The van der Waals surface area contributed by atoms with Gasteiger partial charge in [-0.2, -0.15) is 0 Å². The van der Waals surface area contributed by atoms with Gasteiger partial charge in [-0.05, 0) is 24.7 Å². The topological polar surface area (TPSA) is 37.3 Å². The molecule has 0 atom stereocenters. The van der Waals surface area contributed by atoms with Crippen LogP contribution in [0.1, 0.15) is 45.4 Å². The molecule has 0 aromatic rings. The Morgan fingerprint density at radius 1 is 1.55 bits per heavy atom. The lowest BCUT2D eigenvalue weighted by Crippen LogP contribution is -2.31. The smallest absolute Gasteiger partial charge is 0.303 e. The molecule has 0 aliphatic heterocycles. The third kappa shape index (κ3) is 1.95.